The van der Waals surface area contributed by atoms with Crippen molar-refractivity contribution in [1.82, 2.24) is 0 Å². The Morgan fingerprint density at radius 2 is 1.60 bits per heavy atom. The molecule has 0 radical (unpaired) electrons. The van der Waals surface area contributed by atoms with E-state index in [1.165, 1.54) is 0 Å². The van der Waals surface area contributed by atoms with Crippen LogP contribution in [-0.2, 0) is 4.79 Å². The van der Waals surface area contributed by atoms with Gasteiger partial charge in [0.05, 0.1) is 5.56 Å². The van der Waals surface area contributed by atoms with Crippen molar-refractivity contribution >= 4 is 23.5 Å². The number of aromatic carboxylic acids is 1. The van der Waals surface area contributed by atoms with Crippen LogP contribution in [0.4, 0.5) is 0 Å². The maximum absolute atomic E-state index is 10.6. The van der Waals surface area contributed by atoms with Gasteiger partial charge in [-0.25, -0.2) is 4.79 Å². The summed E-state index contributed by atoms with van der Waals surface area (Å²) < 4.78 is 0. The first kappa shape index (κ1) is 10.9. The zero-order chi connectivity index (χ0) is 11.3. The fourth-order valence-corrected chi connectivity index (χ4v) is 1.32. The van der Waals surface area contributed by atoms with E-state index in [1.54, 1.807) is 12.1 Å². The highest BCUT2D eigenvalue weighted by Crippen LogP contribution is 2.15. The monoisotopic (exact) mass is 202 g/mol. The molecule has 0 amide bonds. The molecule has 0 atom stereocenters. The van der Waals surface area contributed by atoms with Crippen LogP contribution in [0.25, 0.3) is 10.8 Å². The summed E-state index contributed by atoms with van der Waals surface area (Å²) in [5.74, 6) is -0.884. The second-order valence-electron chi connectivity index (χ2n) is 2.87. The molecular formula is C12H10O3. The standard InChI is InChI=1S/C11H8O2.CH2O/c12-11(13)10-6-5-8-3-1-2-4-9(8)7-10;1-2/h1-7H,(H,12,13);1H2. The van der Waals surface area contributed by atoms with Crippen LogP contribution in [0, 0.1) is 0 Å². The van der Waals surface area contributed by atoms with Crippen LogP contribution in [0.2, 0.25) is 0 Å². The molecule has 2 rings (SSSR count). The quantitative estimate of drug-likeness (QED) is 0.772. The first-order chi connectivity index (χ1) is 7.27. The van der Waals surface area contributed by atoms with Gasteiger partial charge in [0.1, 0.15) is 6.79 Å². The highest BCUT2D eigenvalue weighted by molar-refractivity contribution is 5.94. The van der Waals surface area contributed by atoms with Gasteiger partial charge < -0.3 is 9.90 Å². The summed E-state index contributed by atoms with van der Waals surface area (Å²) in [5.41, 5.74) is 0.332. The molecule has 0 aliphatic heterocycles. The first-order valence-corrected chi connectivity index (χ1v) is 4.28. The Morgan fingerprint density at radius 1 is 1.00 bits per heavy atom. The summed E-state index contributed by atoms with van der Waals surface area (Å²) in [5, 5.41) is 10.8. The Morgan fingerprint density at radius 3 is 2.20 bits per heavy atom. The van der Waals surface area contributed by atoms with Crippen molar-refractivity contribution in [3.05, 3.63) is 48.0 Å². The van der Waals surface area contributed by atoms with Crippen LogP contribution in [0.3, 0.4) is 0 Å². The van der Waals surface area contributed by atoms with E-state index in [2.05, 4.69) is 0 Å². The second kappa shape index (κ2) is 4.91. The van der Waals surface area contributed by atoms with Crippen LogP contribution < -0.4 is 0 Å². The second-order valence-corrected chi connectivity index (χ2v) is 2.87. The fourth-order valence-electron chi connectivity index (χ4n) is 1.32. The van der Waals surface area contributed by atoms with Crippen molar-refractivity contribution in [2.45, 2.75) is 0 Å². The van der Waals surface area contributed by atoms with Gasteiger partial charge in [-0.05, 0) is 22.9 Å². The number of carboxylic acids is 1. The molecule has 2 aromatic rings. The molecule has 15 heavy (non-hydrogen) atoms. The number of carboxylic acid groups (broad SMARTS) is 1. The molecule has 0 bridgehead atoms. The van der Waals surface area contributed by atoms with Gasteiger partial charge in [0.2, 0.25) is 0 Å². The molecule has 0 aromatic heterocycles. The number of hydrogen-bond acceptors (Lipinski definition) is 2. The van der Waals surface area contributed by atoms with E-state index < -0.39 is 5.97 Å². The van der Waals surface area contributed by atoms with E-state index >= 15 is 0 Å². The van der Waals surface area contributed by atoms with Crippen molar-refractivity contribution in [1.29, 1.82) is 0 Å². The van der Waals surface area contributed by atoms with Gasteiger partial charge in [0.25, 0.3) is 0 Å². The summed E-state index contributed by atoms with van der Waals surface area (Å²) in [6.07, 6.45) is 0. The zero-order valence-electron chi connectivity index (χ0n) is 8.01. The lowest BCUT2D eigenvalue weighted by atomic mass is 10.1. The molecule has 0 unspecified atom stereocenters. The number of rotatable bonds is 1. The first-order valence-electron chi connectivity index (χ1n) is 4.28. The maximum Gasteiger partial charge on any atom is 0.335 e. The van der Waals surface area contributed by atoms with Gasteiger partial charge >= 0.3 is 5.97 Å². The molecule has 3 heteroatoms. The number of fused-ring (bicyclic) bond motifs is 1. The Hall–Kier alpha value is -2.16. The molecule has 0 saturated heterocycles. The maximum atomic E-state index is 10.6. The number of carbonyl (C=O) groups excluding carboxylic acids is 1. The third kappa shape index (κ3) is 2.40. The fraction of sp³-hybridized carbons (Fsp3) is 0. The van der Waals surface area contributed by atoms with E-state index in [0.29, 0.717) is 5.56 Å². The lowest BCUT2D eigenvalue weighted by molar-refractivity contribution is -0.0980. The molecule has 0 aliphatic rings. The Balaban J connectivity index is 0.000000531. The van der Waals surface area contributed by atoms with Gasteiger partial charge in [-0.2, -0.15) is 0 Å². The van der Waals surface area contributed by atoms with Gasteiger partial charge in [-0.1, -0.05) is 30.3 Å². The minimum Gasteiger partial charge on any atom is -0.478 e. The normalized spacial score (nSPS) is 9.07. The van der Waals surface area contributed by atoms with Crippen molar-refractivity contribution in [3.8, 4) is 0 Å². The summed E-state index contributed by atoms with van der Waals surface area (Å²) in [7, 11) is 0. The highest BCUT2D eigenvalue weighted by atomic mass is 16.4. The smallest absolute Gasteiger partial charge is 0.335 e. The van der Waals surface area contributed by atoms with E-state index in [0.717, 1.165) is 10.8 Å². The lowest BCUT2D eigenvalue weighted by Crippen LogP contribution is -1.94. The molecular weight excluding hydrogens is 192 g/mol. The van der Waals surface area contributed by atoms with Gasteiger partial charge in [-0.15, -0.1) is 0 Å². The number of benzene rings is 2. The van der Waals surface area contributed by atoms with Crippen LogP contribution in [0.15, 0.2) is 42.5 Å². The molecule has 0 heterocycles. The molecule has 0 fully saturated rings. The van der Waals surface area contributed by atoms with E-state index in [1.807, 2.05) is 37.1 Å². The topological polar surface area (TPSA) is 54.4 Å². The van der Waals surface area contributed by atoms with Crippen molar-refractivity contribution < 1.29 is 14.7 Å². The van der Waals surface area contributed by atoms with Gasteiger partial charge in [0.15, 0.2) is 0 Å². The van der Waals surface area contributed by atoms with Crippen molar-refractivity contribution in [2.75, 3.05) is 0 Å². The zero-order valence-corrected chi connectivity index (χ0v) is 8.01. The average Bonchev–Trinajstić information content (AvgIpc) is 2.31. The SMILES string of the molecule is C=O.O=C(O)c1ccc2ccccc2c1. The molecule has 1 N–H and O–H groups in total. The third-order valence-corrected chi connectivity index (χ3v) is 2.00. The molecule has 0 saturated carbocycles. The Bertz CT molecular complexity index is 477. The van der Waals surface area contributed by atoms with E-state index in [-0.39, 0.29) is 0 Å². The van der Waals surface area contributed by atoms with E-state index in [4.69, 9.17) is 9.90 Å². The summed E-state index contributed by atoms with van der Waals surface area (Å²) in [6.45, 7) is 2.00. The minimum atomic E-state index is -0.884. The van der Waals surface area contributed by atoms with Crippen molar-refractivity contribution in [3.63, 3.8) is 0 Å². The molecule has 2 aromatic carbocycles. The minimum absolute atomic E-state index is 0.332. The van der Waals surface area contributed by atoms with Crippen LogP contribution in [-0.4, -0.2) is 17.9 Å². The highest BCUT2D eigenvalue weighted by Gasteiger charge is 2.01. The predicted octanol–water partition coefficient (Wildman–Crippen LogP) is 2.35. The van der Waals surface area contributed by atoms with Gasteiger partial charge in [-0.3, -0.25) is 0 Å². The number of hydrogen-bond donors (Lipinski definition) is 1. The van der Waals surface area contributed by atoms with Crippen molar-refractivity contribution in [2.24, 2.45) is 0 Å². The van der Waals surface area contributed by atoms with Gasteiger partial charge in [0, 0.05) is 0 Å². The summed E-state index contributed by atoms with van der Waals surface area (Å²) >= 11 is 0. The summed E-state index contributed by atoms with van der Waals surface area (Å²) in [4.78, 5) is 18.6. The predicted molar refractivity (Wildman–Crippen MR) is 58.0 cm³/mol. The molecule has 3 nitrogen and oxygen atoms in total. The Kier molecular flexibility index (Phi) is 3.57. The molecule has 0 aliphatic carbocycles. The van der Waals surface area contributed by atoms with Crippen LogP contribution >= 0.6 is 0 Å². The largest absolute Gasteiger partial charge is 0.478 e. The lowest BCUT2D eigenvalue weighted by Gasteiger charge is -1.98. The molecule has 0 spiro atoms. The molecule has 76 valence electrons. The summed E-state index contributed by atoms with van der Waals surface area (Å²) in [6, 6.07) is 12.8. The Labute approximate surface area is 87.0 Å². The van der Waals surface area contributed by atoms with Crippen LogP contribution in [0.1, 0.15) is 10.4 Å². The third-order valence-electron chi connectivity index (χ3n) is 2.00. The van der Waals surface area contributed by atoms with Crippen LogP contribution in [0.5, 0.6) is 0 Å². The van der Waals surface area contributed by atoms with E-state index in [9.17, 15) is 4.79 Å². The average molecular weight is 202 g/mol. The number of carbonyl (C=O) groups is 2.